The van der Waals surface area contributed by atoms with E-state index in [1.807, 2.05) is 16.7 Å². The number of hydrogen-bond donors (Lipinski definition) is 2. The van der Waals surface area contributed by atoms with E-state index in [0.717, 1.165) is 31.4 Å². The molecule has 8 nitrogen and oxygen atoms in total. The summed E-state index contributed by atoms with van der Waals surface area (Å²) in [5, 5.41) is 7.03. The molecule has 0 aliphatic carbocycles. The molecule has 0 radical (unpaired) electrons. The van der Waals surface area contributed by atoms with E-state index >= 15 is 0 Å². The lowest BCUT2D eigenvalue weighted by molar-refractivity contribution is -0.114. The van der Waals surface area contributed by atoms with Crippen molar-refractivity contribution in [1.82, 2.24) is 9.55 Å². The van der Waals surface area contributed by atoms with Gasteiger partial charge >= 0.3 is 5.97 Å². The maximum absolute atomic E-state index is 12.8. The first-order chi connectivity index (χ1) is 16.5. The Bertz CT molecular complexity index is 1150. The van der Waals surface area contributed by atoms with E-state index < -0.39 is 5.97 Å². The predicted molar refractivity (Wildman–Crippen MR) is 132 cm³/mol. The topological polar surface area (TPSA) is 94.5 Å². The van der Waals surface area contributed by atoms with Gasteiger partial charge in [0.25, 0.3) is 0 Å². The number of pyridine rings is 1. The molecule has 3 aromatic rings. The molecular formula is C26H32N4O4. The van der Waals surface area contributed by atoms with E-state index in [2.05, 4.69) is 46.8 Å². The summed E-state index contributed by atoms with van der Waals surface area (Å²) in [5.74, 6) is -0.790. The fourth-order valence-corrected chi connectivity index (χ4v) is 4.47. The van der Waals surface area contributed by atoms with E-state index in [4.69, 9.17) is 9.47 Å². The van der Waals surface area contributed by atoms with Crippen LogP contribution in [0.25, 0.3) is 11.0 Å². The highest BCUT2D eigenvalue weighted by Crippen LogP contribution is 2.34. The second-order valence-corrected chi connectivity index (χ2v) is 8.81. The number of carbonyl (C=O) groups excluding carboxylic acids is 2. The molecule has 0 bridgehead atoms. The normalized spacial score (nSPS) is 16.4. The highest BCUT2D eigenvalue weighted by Gasteiger charge is 2.28. The van der Waals surface area contributed by atoms with Crippen LogP contribution in [0.5, 0.6) is 0 Å². The number of fused-ring (bicyclic) bond motifs is 1. The molecule has 1 fully saturated rings. The Balaban J connectivity index is 1.65. The van der Waals surface area contributed by atoms with Gasteiger partial charge in [-0.05, 0) is 44.2 Å². The molecule has 0 spiro atoms. The lowest BCUT2D eigenvalue weighted by Crippen LogP contribution is -2.21. The van der Waals surface area contributed by atoms with Crippen LogP contribution in [0.1, 0.15) is 49.2 Å². The molecule has 4 rings (SSSR count). The van der Waals surface area contributed by atoms with Crippen molar-refractivity contribution in [1.29, 1.82) is 0 Å². The van der Waals surface area contributed by atoms with Gasteiger partial charge in [0.05, 0.1) is 37.3 Å². The number of carbonyl (C=O) groups is 2. The average molecular weight is 465 g/mol. The average Bonchev–Trinajstić information content (AvgIpc) is 3.44. The summed E-state index contributed by atoms with van der Waals surface area (Å²) in [5.41, 5.74) is 3.43. The smallest absolute Gasteiger partial charge is 0.356 e. The van der Waals surface area contributed by atoms with Gasteiger partial charge in [0.15, 0.2) is 5.69 Å². The van der Waals surface area contributed by atoms with Gasteiger partial charge in [0, 0.05) is 25.0 Å². The van der Waals surface area contributed by atoms with E-state index in [0.29, 0.717) is 29.9 Å². The van der Waals surface area contributed by atoms with Crippen LogP contribution in [-0.2, 0) is 27.2 Å². The van der Waals surface area contributed by atoms with Crippen LogP contribution in [0.2, 0.25) is 0 Å². The molecule has 1 amide bonds. The van der Waals surface area contributed by atoms with Crippen LogP contribution in [0, 0.1) is 0 Å². The van der Waals surface area contributed by atoms with Crippen LogP contribution in [0.4, 0.5) is 11.4 Å². The molecule has 0 unspecified atom stereocenters. The number of aryl methyl sites for hydroxylation is 1. The van der Waals surface area contributed by atoms with Crippen molar-refractivity contribution in [3.63, 3.8) is 0 Å². The van der Waals surface area contributed by atoms with Crippen molar-refractivity contribution in [2.24, 2.45) is 0 Å². The largest absolute Gasteiger partial charge is 0.464 e. The number of hydrogen-bond acceptors (Lipinski definition) is 6. The quantitative estimate of drug-likeness (QED) is 0.456. The Morgan fingerprint density at radius 1 is 1.29 bits per heavy atom. The number of nitrogens with zero attached hydrogens (tertiary/aromatic N) is 2. The third kappa shape index (κ3) is 5.39. The molecule has 180 valence electrons. The van der Waals surface area contributed by atoms with Crippen molar-refractivity contribution in [2.45, 2.75) is 58.2 Å². The van der Waals surface area contributed by atoms with Gasteiger partial charge in [0.1, 0.15) is 5.65 Å². The molecule has 2 aromatic heterocycles. The molecule has 1 aliphatic heterocycles. The summed E-state index contributed by atoms with van der Waals surface area (Å²) in [7, 11) is 1.34. The van der Waals surface area contributed by atoms with Gasteiger partial charge in [-0.3, -0.25) is 4.79 Å². The monoisotopic (exact) mass is 464 g/mol. The van der Waals surface area contributed by atoms with Crippen LogP contribution < -0.4 is 10.6 Å². The summed E-state index contributed by atoms with van der Waals surface area (Å²) in [4.78, 5) is 29.5. The van der Waals surface area contributed by atoms with Crippen LogP contribution in [0.3, 0.4) is 0 Å². The molecule has 1 aliphatic rings. The van der Waals surface area contributed by atoms with Gasteiger partial charge in [-0.2, -0.15) is 0 Å². The number of nitrogens with one attached hydrogen (secondary N) is 2. The number of anilines is 2. The molecule has 1 aromatic carbocycles. The number of esters is 1. The minimum atomic E-state index is -0.523. The zero-order valence-electron chi connectivity index (χ0n) is 20.0. The lowest BCUT2D eigenvalue weighted by atomic mass is 10.1. The van der Waals surface area contributed by atoms with Gasteiger partial charge < -0.3 is 24.7 Å². The minimum Gasteiger partial charge on any atom is -0.464 e. The van der Waals surface area contributed by atoms with Crippen LogP contribution in [-0.4, -0.2) is 47.3 Å². The number of aromatic nitrogens is 2. The first-order valence-electron chi connectivity index (χ1n) is 11.8. The maximum Gasteiger partial charge on any atom is 0.356 e. The van der Waals surface area contributed by atoms with Crippen molar-refractivity contribution in [3.8, 4) is 0 Å². The van der Waals surface area contributed by atoms with E-state index in [1.54, 1.807) is 6.20 Å². The Morgan fingerprint density at radius 3 is 2.76 bits per heavy atom. The molecule has 2 atom stereocenters. The summed E-state index contributed by atoms with van der Waals surface area (Å²) in [6.07, 6.45) is 5.57. The predicted octanol–water partition coefficient (Wildman–Crippen LogP) is 4.39. The SMILES string of the molecule is COC(=O)c1c(NC(C)=O)c2cc(N[C@@H](C)CCc3ccccc3)cnc2n1C[C@H]1CCCO1. The molecular weight excluding hydrogens is 432 g/mol. The number of methoxy groups -OCH3 is 1. The van der Waals surface area contributed by atoms with Crippen molar-refractivity contribution in [2.75, 3.05) is 24.4 Å². The minimum absolute atomic E-state index is 0.0122. The third-order valence-corrected chi connectivity index (χ3v) is 6.11. The zero-order valence-corrected chi connectivity index (χ0v) is 20.0. The second-order valence-electron chi connectivity index (χ2n) is 8.81. The summed E-state index contributed by atoms with van der Waals surface area (Å²) < 4.78 is 12.7. The molecule has 1 saturated heterocycles. The lowest BCUT2D eigenvalue weighted by Gasteiger charge is -2.16. The summed E-state index contributed by atoms with van der Waals surface area (Å²) in [6.45, 7) is 4.72. The summed E-state index contributed by atoms with van der Waals surface area (Å²) >= 11 is 0. The Kier molecular flexibility index (Phi) is 7.47. The Morgan fingerprint density at radius 2 is 2.09 bits per heavy atom. The van der Waals surface area contributed by atoms with Crippen LogP contribution in [0.15, 0.2) is 42.6 Å². The molecule has 34 heavy (non-hydrogen) atoms. The fraction of sp³-hybridized carbons (Fsp3) is 0.423. The highest BCUT2D eigenvalue weighted by molar-refractivity contribution is 6.11. The zero-order chi connectivity index (χ0) is 24.1. The molecule has 2 N–H and O–H groups in total. The van der Waals surface area contributed by atoms with Crippen molar-refractivity contribution < 1.29 is 19.1 Å². The Labute approximate surface area is 199 Å². The van der Waals surface area contributed by atoms with Crippen molar-refractivity contribution >= 4 is 34.3 Å². The maximum atomic E-state index is 12.8. The second kappa shape index (κ2) is 10.7. The van der Waals surface area contributed by atoms with Gasteiger partial charge in [-0.25, -0.2) is 9.78 Å². The number of benzene rings is 1. The third-order valence-electron chi connectivity index (χ3n) is 6.11. The number of rotatable bonds is 9. The number of amides is 1. The van der Waals surface area contributed by atoms with Gasteiger partial charge in [-0.15, -0.1) is 0 Å². The standard InChI is InChI=1S/C26H32N4O4/c1-17(11-12-19-8-5-4-6-9-19)28-20-14-22-23(29-18(2)31)24(26(32)33-3)30(25(22)27-15-20)16-21-10-7-13-34-21/h4-6,8-9,14-15,17,21,28H,7,10-13,16H2,1-3H3,(H,29,31)/t17-,21+/m0/s1. The van der Waals surface area contributed by atoms with Crippen molar-refractivity contribution in [3.05, 3.63) is 53.9 Å². The molecule has 8 heteroatoms. The van der Waals surface area contributed by atoms with E-state index in [1.165, 1.54) is 19.6 Å². The first-order valence-corrected chi connectivity index (χ1v) is 11.8. The first kappa shape index (κ1) is 23.8. The van der Waals surface area contributed by atoms with Crippen LogP contribution >= 0.6 is 0 Å². The number of ether oxygens (including phenoxy) is 2. The van der Waals surface area contributed by atoms with Gasteiger partial charge in [-0.1, -0.05) is 30.3 Å². The van der Waals surface area contributed by atoms with Gasteiger partial charge in [0.2, 0.25) is 5.91 Å². The molecule has 3 heterocycles. The fourth-order valence-electron chi connectivity index (χ4n) is 4.47. The van der Waals surface area contributed by atoms with E-state index in [9.17, 15) is 9.59 Å². The van der Waals surface area contributed by atoms with E-state index in [-0.39, 0.29) is 23.7 Å². The highest BCUT2D eigenvalue weighted by atomic mass is 16.5. The Hall–Kier alpha value is -3.39. The molecule has 0 saturated carbocycles. The summed E-state index contributed by atoms with van der Waals surface area (Å²) in [6, 6.07) is 12.5.